The summed E-state index contributed by atoms with van der Waals surface area (Å²) in [6.07, 6.45) is 9.57. The molecule has 1 aliphatic carbocycles. The van der Waals surface area contributed by atoms with Gasteiger partial charge in [0.1, 0.15) is 36.5 Å². The van der Waals surface area contributed by atoms with E-state index in [4.69, 9.17) is 19.2 Å². The van der Waals surface area contributed by atoms with Crippen molar-refractivity contribution in [3.8, 4) is 17.2 Å². The summed E-state index contributed by atoms with van der Waals surface area (Å²) in [5.41, 5.74) is 2.62. The van der Waals surface area contributed by atoms with E-state index in [1.54, 1.807) is 23.0 Å². The van der Waals surface area contributed by atoms with Gasteiger partial charge in [-0.3, -0.25) is 19.6 Å². The van der Waals surface area contributed by atoms with Crippen molar-refractivity contribution in [2.45, 2.75) is 99.3 Å². The van der Waals surface area contributed by atoms with Crippen LogP contribution in [-0.2, 0) is 17.7 Å². The molecule has 5 heterocycles. The Labute approximate surface area is 338 Å². The number of nitrogens with zero attached hydrogens (tertiary/aromatic N) is 8. The van der Waals surface area contributed by atoms with Crippen LogP contribution in [0.1, 0.15) is 95.8 Å². The van der Waals surface area contributed by atoms with Crippen molar-refractivity contribution in [1.29, 1.82) is 0 Å². The SMILES string of the molecule is CC.CC.CCN(C(=O)c1cc(F)ccc1Oc1cncnc1N1CC2(CC(Oc3ccnc4c3CN(CCCN3CCCN(C)C(=O)OC3)CC4)C2)C1)C(C)C. The van der Waals surface area contributed by atoms with Crippen molar-refractivity contribution < 1.29 is 28.2 Å². The minimum atomic E-state index is -0.500. The van der Waals surface area contributed by atoms with Gasteiger partial charge in [-0.2, -0.15) is 0 Å². The van der Waals surface area contributed by atoms with Crippen molar-refractivity contribution in [3.63, 3.8) is 0 Å². The van der Waals surface area contributed by atoms with Crippen LogP contribution in [0.25, 0.3) is 0 Å². The molecule has 312 valence electrons. The minimum absolute atomic E-state index is 0.0470. The van der Waals surface area contributed by atoms with Crippen LogP contribution in [0.5, 0.6) is 17.2 Å². The predicted molar refractivity (Wildman–Crippen MR) is 219 cm³/mol. The summed E-state index contributed by atoms with van der Waals surface area (Å²) >= 11 is 0. The maximum Gasteiger partial charge on any atom is 0.410 e. The van der Waals surface area contributed by atoms with Crippen molar-refractivity contribution in [1.82, 2.24) is 34.6 Å². The fourth-order valence-electron chi connectivity index (χ4n) is 8.14. The molecule has 14 heteroatoms. The number of benzene rings is 1. The molecule has 0 radical (unpaired) electrons. The Morgan fingerprint density at radius 1 is 1.02 bits per heavy atom. The number of rotatable bonds is 12. The number of carbonyl (C=O) groups excluding carboxylic acids is 2. The lowest BCUT2D eigenvalue weighted by molar-refractivity contribution is -0.0352. The number of cyclic esters (lactones) is 1. The second-order valence-electron chi connectivity index (χ2n) is 15.2. The van der Waals surface area contributed by atoms with Crippen LogP contribution in [-0.4, -0.2) is 125 Å². The molecule has 13 nitrogen and oxygen atoms in total. The number of hydrogen-bond acceptors (Lipinski definition) is 11. The number of pyridine rings is 1. The highest BCUT2D eigenvalue weighted by Crippen LogP contribution is 2.52. The first kappa shape index (κ1) is 43.6. The topological polar surface area (TPSA) is 117 Å². The molecule has 3 fully saturated rings. The average molecular weight is 791 g/mol. The second-order valence-corrected chi connectivity index (χ2v) is 15.2. The van der Waals surface area contributed by atoms with Gasteiger partial charge in [-0.1, -0.05) is 27.7 Å². The molecule has 1 spiro atoms. The van der Waals surface area contributed by atoms with E-state index in [9.17, 15) is 14.0 Å². The average Bonchev–Trinajstić information content (AvgIpc) is 3.19. The molecule has 0 N–H and O–H groups in total. The fourth-order valence-corrected chi connectivity index (χ4v) is 8.14. The van der Waals surface area contributed by atoms with Crippen LogP contribution >= 0.6 is 0 Å². The molecule has 0 atom stereocenters. The van der Waals surface area contributed by atoms with Gasteiger partial charge in [0.2, 0.25) is 0 Å². The van der Waals surface area contributed by atoms with E-state index in [0.29, 0.717) is 31.4 Å². The largest absolute Gasteiger partial charge is 0.490 e. The monoisotopic (exact) mass is 790 g/mol. The highest BCUT2D eigenvalue weighted by molar-refractivity contribution is 5.97. The molecule has 0 bridgehead atoms. The van der Waals surface area contributed by atoms with Crippen LogP contribution in [0.4, 0.5) is 15.0 Å². The molecule has 0 unspecified atom stereocenters. The van der Waals surface area contributed by atoms with Gasteiger partial charge in [0, 0.05) is 94.7 Å². The molecule has 3 aliphatic heterocycles. The first-order chi connectivity index (χ1) is 27.6. The summed E-state index contributed by atoms with van der Waals surface area (Å²) in [5, 5.41) is 0. The highest BCUT2D eigenvalue weighted by Gasteiger charge is 2.54. The third-order valence-corrected chi connectivity index (χ3v) is 11.0. The normalized spacial score (nSPS) is 18.0. The van der Waals surface area contributed by atoms with E-state index < -0.39 is 5.82 Å². The third kappa shape index (κ3) is 10.5. The first-order valence-corrected chi connectivity index (χ1v) is 20.9. The lowest BCUT2D eigenvalue weighted by Crippen LogP contribution is -2.65. The van der Waals surface area contributed by atoms with Gasteiger partial charge in [-0.25, -0.2) is 19.2 Å². The predicted octanol–water partition coefficient (Wildman–Crippen LogP) is 7.25. The van der Waals surface area contributed by atoms with Gasteiger partial charge in [-0.05, 0) is 77.3 Å². The summed E-state index contributed by atoms with van der Waals surface area (Å²) < 4.78 is 32.7. The molecular formula is C43H63FN8O5. The molecule has 3 aromatic rings. The zero-order valence-electron chi connectivity index (χ0n) is 35.3. The fraction of sp³-hybridized carbons (Fsp3) is 0.605. The smallest absolute Gasteiger partial charge is 0.410 e. The number of ether oxygens (including phenoxy) is 3. The minimum Gasteiger partial charge on any atom is -0.490 e. The standard InChI is InChI=1S/C39H51FN8O5.2C2H6/c1-5-48(27(2)3)37(49)30-18-28(40)8-9-33(30)53-35-21-41-25-43-36(35)47-23-39(24-47)19-29(20-39)52-34-10-12-42-32-11-17-45(22-31(32)34)14-7-16-46-15-6-13-44(4)38(50)51-26-46;2*1-2/h8-10,12,18,21,25,27,29H,5-7,11,13-17,19-20,22-24,26H2,1-4H3;2*1-2H3. The number of aromatic nitrogens is 3. The maximum atomic E-state index is 14.3. The van der Waals surface area contributed by atoms with E-state index in [-0.39, 0.29) is 40.9 Å². The van der Waals surface area contributed by atoms with Gasteiger partial charge in [0.05, 0.1) is 11.8 Å². The number of hydrogen-bond donors (Lipinski definition) is 0. The summed E-state index contributed by atoms with van der Waals surface area (Å²) in [4.78, 5) is 49.0. The van der Waals surface area contributed by atoms with Crippen molar-refractivity contribution >= 4 is 17.8 Å². The maximum absolute atomic E-state index is 14.3. The quantitative estimate of drug-likeness (QED) is 0.185. The second kappa shape index (κ2) is 20.2. The van der Waals surface area contributed by atoms with Crippen molar-refractivity contribution in [3.05, 3.63) is 65.6 Å². The van der Waals surface area contributed by atoms with Crippen LogP contribution < -0.4 is 14.4 Å². The molecule has 2 saturated heterocycles. The zero-order valence-corrected chi connectivity index (χ0v) is 35.3. The Hall–Kier alpha value is -4.56. The Morgan fingerprint density at radius 3 is 2.51 bits per heavy atom. The lowest BCUT2D eigenvalue weighted by Gasteiger charge is -2.59. The van der Waals surface area contributed by atoms with Crippen LogP contribution in [0.3, 0.4) is 0 Å². The molecule has 1 saturated carbocycles. The van der Waals surface area contributed by atoms with Crippen molar-refractivity contribution in [2.75, 3.05) is 71.0 Å². The van der Waals surface area contributed by atoms with Gasteiger partial charge in [-0.15, -0.1) is 0 Å². The van der Waals surface area contributed by atoms with E-state index in [2.05, 4.69) is 24.7 Å². The van der Waals surface area contributed by atoms with Crippen LogP contribution in [0, 0.1) is 11.2 Å². The highest BCUT2D eigenvalue weighted by atomic mass is 19.1. The van der Waals surface area contributed by atoms with Gasteiger partial charge in [0.25, 0.3) is 5.91 Å². The van der Waals surface area contributed by atoms with Crippen molar-refractivity contribution in [2.24, 2.45) is 5.41 Å². The summed E-state index contributed by atoms with van der Waals surface area (Å²) in [6.45, 7) is 21.5. The van der Waals surface area contributed by atoms with E-state index in [1.807, 2.05) is 60.7 Å². The molecule has 7 rings (SSSR count). The van der Waals surface area contributed by atoms with Gasteiger partial charge in [0.15, 0.2) is 11.6 Å². The Kier molecular flexibility index (Phi) is 15.5. The Morgan fingerprint density at radius 2 is 1.77 bits per heavy atom. The Bertz CT molecular complexity index is 1780. The van der Waals surface area contributed by atoms with E-state index in [0.717, 1.165) is 89.4 Å². The lowest BCUT2D eigenvalue weighted by atomic mass is 9.61. The molecule has 57 heavy (non-hydrogen) atoms. The van der Waals surface area contributed by atoms with Crippen LogP contribution in [0.2, 0.25) is 0 Å². The molecule has 1 aromatic carbocycles. The Balaban J connectivity index is 0.00000150. The number of anilines is 1. The number of carbonyl (C=O) groups is 2. The van der Waals surface area contributed by atoms with E-state index in [1.165, 1.54) is 30.1 Å². The summed E-state index contributed by atoms with van der Waals surface area (Å²) in [7, 11) is 1.78. The first-order valence-electron chi connectivity index (χ1n) is 20.9. The number of amides is 2. The van der Waals surface area contributed by atoms with Crippen LogP contribution in [0.15, 0.2) is 43.0 Å². The van der Waals surface area contributed by atoms with Gasteiger partial charge < -0.3 is 28.9 Å². The number of halogens is 1. The summed E-state index contributed by atoms with van der Waals surface area (Å²) in [5.74, 6) is 1.49. The molecule has 2 amide bonds. The third-order valence-electron chi connectivity index (χ3n) is 11.0. The molecule has 4 aliphatic rings. The summed E-state index contributed by atoms with van der Waals surface area (Å²) in [6, 6.07) is 5.98. The molecule has 2 aromatic heterocycles. The zero-order chi connectivity index (χ0) is 41.1. The molecular weight excluding hydrogens is 728 g/mol. The van der Waals surface area contributed by atoms with E-state index >= 15 is 0 Å². The number of fused-ring (bicyclic) bond motifs is 1. The van der Waals surface area contributed by atoms with Gasteiger partial charge >= 0.3 is 6.09 Å².